The number of halogens is 1. The molecule has 1 aliphatic rings. The molecule has 3 aromatic rings. The second-order valence-electron chi connectivity index (χ2n) is 8.66. The van der Waals surface area contributed by atoms with Crippen LogP contribution in [0.15, 0.2) is 48.7 Å². The van der Waals surface area contributed by atoms with Crippen LogP contribution in [0, 0.1) is 19.8 Å². The minimum absolute atomic E-state index is 0.233. The third-order valence-electron chi connectivity index (χ3n) is 6.35. The number of nitrogens with zero attached hydrogens (tertiary/aromatic N) is 3. The van der Waals surface area contributed by atoms with Gasteiger partial charge in [-0.05, 0) is 69.2 Å². The lowest BCUT2D eigenvalue weighted by molar-refractivity contribution is -0.148. The van der Waals surface area contributed by atoms with Crippen LogP contribution in [0.4, 0.5) is 5.82 Å². The number of primary amides is 1. The summed E-state index contributed by atoms with van der Waals surface area (Å²) in [7, 11) is 0. The average Bonchev–Trinajstić information content (AvgIpc) is 3.16. The largest absolute Gasteiger partial charge is 0.457 e. The Balaban J connectivity index is 1.32. The number of aromatic nitrogens is 2. The Kier molecular flexibility index (Phi) is 7.21. The number of amides is 1. The van der Waals surface area contributed by atoms with Gasteiger partial charge in [0.05, 0.1) is 11.5 Å². The SMILES string of the molecule is Cc1cc(C(=O)COC(=O)C2CCN(c3ccc(C(N)=O)cn3)CC2)c(C)n1-c1ccc(Cl)cc1. The van der Waals surface area contributed by atoms with Crippen molar-refractivity contribution in [3.63, 3.8) is 0 Å². The van der Waals surface area contributed by atoms with Gasteiger partial charge in [0.25, 0.3) is 0 Å². The molecule has 1 saturated heterocycles. The highest BCUT2D eigenvalue weighted by Gasteiger charge is 2.28. The molecular formula is C26H27ClN4O4. The highest BCUT2D eigenvalue weighted by Crippen LogP contribution is 2.25. The number of pyridine rings is 1. The number of ketones is 1. The summed E-state index contributed by atoms with van der Waals surface area (Å²) in [6.45, 7) is 4.75. The summed E-state index contributed by atoms with van der Waals surface area (Å²) < 4.78 is 7.38. The highest BCUT2D eigenvalue weighted by atomic mass is 35.5. The minimum atomic E-state index is -0.521. The molecule has 0 bridgehead atoms. The maximum Gasteiger partial charge on any atom is 0.309 e. The van der Waals surface area contributed by atoms with Crippen molar-refractivity contribution in [2.24, 2.45) is 11.7 Å². The van der Waals surface area contributed by atoms with E-state index in [1.54, 1.807) is 24.3 Å². The number of carbonyl (C=O) groups is 3. The number of nitrogens with two attached hydrogens (primary N) is 1. The maximum absolute atomic E-state index is 12.9. The zero-order valence-electron chi connectivity index (χ0n) is 19.7. The van der Waals surface area contributed by atoms with Crippen molar-refractivity contribution in [1.82, 2.24) is 9.55 Å². The second-order valence-corrected chi connectivity index (χ2v) is 9.09. The molecule has 1 fully saturated rings. The Morgan fingerprint density at radius 1 is 1.09 bits per heavy atom. The first kappa shape index (κ1) is 24.5. The van der Waals surface area contributed by atoms with Crippen LogP contribution in [-0.2, 0) is 9.53 Å². The first-order valence-electron chi connectivity index (χ1n) is 11.4. The van der Waals surface area contributed by atoms with Crippen molar-refractivity contribution >= 4 is 35.1 Å². The van der Waals surface area contributed by atoms with E-state index < -0.39 is 5.91 Å². The molecule has 182 valence electrons. The molecule has 4 rings (SSSR count). The van der Waals surface area contributed by atoms with E-state index in [2.05, 4.69) is 4.98 Å². The summed E-state index contributed by atoms with van der Waals surface area (Å²) in [6, 6.07) is 12.6. The molecule has 0 unspecified atom stereocenters. The molecule has 9 heteroatoms. The van der Waals surface area contributed by atoms with Crippen molar-refractivity contribution in [2.75, 3.05) is 24.6 Å². The van der Waals surface area contributed by atoms with Crippen LogP contribution in [0.5, 0.6) is 0 Å². The van der Waals surface area contributed by atoms with Gasteiger partial charge in [0.1, 0.15) is 5.82 Å². The van der Waals surface area contributed by atoms with E-state index >= 15 is 0 Å². The Bertz CT molecular complexity index is 1240. The molecule has 1 amide bonds. The molecule has 1 aliphatic heterocycles. The fourth-order valence-electron chi connectivity index (χ4n) is 4.43. The van der Waals surface area contributed by atoms with E-state index in [0.29, 0.717) is 42.1 Å². The van der Waals surface area contributed by atoms with Gasteiger partial charge < -0.3 is 19.9 Å². The van der Waals surface area contributed by atoms with Gasteiger partial charge in [-0.3, -0.25) is 14.4 Å². The molecule has 0 radical (unpaired) electrons. The lowest BCUT2D eigenvalue weighted by atomic mass is 9.97. The van der Waals surface area contributed by atoms with Crippen molar-refractivity contribution in [3.05, 3.63) is 76.2 Å². The number of esters is 1. The molecule has 2 N–H and O–H groups in total. The molecule has 8 nitrogen and oxygen atoms in total. The number of hydrogen-bond donors (Lipinski definition) is 1. The van der Waals surface area contributed by atoms with Crippen molar-refractivity contribution < 1.29 is 19.1 Å². The minimum Gasteiger partial charge on any atom is -0.457 e. The van der Waals surface area contributed by atoms with Gasteiger partial charge in [-0.25, -0.2) is 4.98 Å². The number of carbonyl (C=O) groups excluding carboxylic acids is 3. The molecule has 35 heavy (non-hydrogen) atoms. The summed E-state index contributed by atoms with van der Waals surface area (Å²) in [5.41, 5.74) is 8.74. The third-order valence-corrected chi connectivity index (χ3v) is 6.60. The highest BCUT2D eigenvalue weighted by molar-refractivity contribution is 6.30. The summed E-state index contributed by atoms with van der Waals surface area (Å²) in [4.78, 5) is 43.0. The number of anilines is 1. The van der Waals surface area contributed by atoms with E-state index in [1.807, 2.05) is 41.5 Å². The Labute approximate surface area is 208 Å². The molecule has 1 aromatic carbocycles. The first-order chi connectivity index (χ1) is 16.7. The normalized spacial score (nSPS) is 14.1. The number of ether oxygens (including phenoxy) is 1. The fourth-order valence-corrected chi connectivity index (χ4v) is 4.55. The quantitative estimate of drug-likeness (QED) is 0.394. The fraction of sp³-hybridized carbons (Fsp3) is 0.308. The van der Waals surface area contributed by atoms with Gasteiger partial charge >= 0.3 is 5.97 Å². The molecular weight excluding hydrogens is 468 g/mol. The summed E-state index contributed by atoms with van der Waals surface area (Å²) in [6.07, 6.45) is 2.64. The average molecular weight is 495 g/mol. The lowest BCUT2D eigenvalue weighted by Gasteiger charge is -2.31. The Hall–Kier alpha value is -3.65. The van der Waals surface area contributed by atoms with Gasteiger partial charge in [-0.2, -0.15) is 0 Å². The van der Waals surface area contributed by atoms with Crippen molar-refractivity contribution in [1.29, 1.82) is 0 Å². The Morgan fingerprint density at radius 2 is 1.77 bits per heavy atom. The van der Waals surface area contributed by atoms with Gasteiger partial charge in [-0.1, -0.05) is 11.6 Å². The number of aryl methyl sites for hydroxylation is 1. The number of hydrogen-bond acceptors (Lipinski definition) is 6. The monoisotopic (exact) mass is 494 g/mol. The van der Waals surface area contributed by atoms with E-state index in [1.165, 1.54) is 6.20 Å². The number of rotatable bonds is 7. The van der Waals surface area contributed by atoms with Crippen molar-refractivity contribution in [2.45, 2.75) is 26.7 Å². The van der Waals surface area contributed by atoms with E-state index in [4.69, 9.17) is 22.1 Å². The van der Waals surface area contributed by atoms with Crippen LogP contribution >= 0.6 is 11.6 Å². The van der Waals surface area contributed by atoms with E-state index in [0.717, 1.165) is 22.9 Å². The summed E-state index contributed by atoms with van der Waals surface area (Å²) in [5, 5.41) is 0.641. The summed E-state index contributed by atoms with van der Waals surface area (Å²) >= 11 is 5.99. The molecule has 0 saturated carbocycles. The zero-order valence-corrected chi connectivity index (χ0v) is 20.4. The van der Waals surface area contributed by atoms with Crippen LogP contribution in [0.2, 0.25) is 5.02 Å². The predicted molar refractivity (Wildman–Crippen MR) is 133 cm³/mol. The van der Waals surface area contributed by atoms with Crippen LogP contribution in [0.1, 0.15) is 44.9 Å². The Morgan fingerprint density at radius 3 is 2.37 bits per heavy atom. The first-order valence-corrected chi connectivity index (χ1v) is 11.8. The topological polar surface area (TPSA) is 108 Å². The lowest BCUT2D eigenvalue weighted by Crippen LogP contribution is -2.37. The van der Waals surface area contributed by atoms with Gasteiger partial charge in [0, 0.05) is 46.9 Å². The second kappa shape index (κ2) is 10.3. The van der Waals surface area contributed by atoms with E-state index in [-0.39, 0.29) is 24.3 Å². The van der Waals surface area contributed by atoms with Crippen LogP contribution in [0.25, 0.3) is 5.69 Å². The summed E-state index contributed by atoms with van der Waals surface area (Å²) in [5.74, 6) is -0.658. The molecule has 0 aliphatic carbocycles. The number of benzene rings is 1. The standard InChI is InChI=1S/C26H27ClN4O4/c1-16-13-22(17(2)31(16)21-6-4-20(27)5-7-21)23(32)15-35-26(34)18-9-11-30(12-10-18)24-8-3-19(14-29-24)25(28)33/h3-8,13-14,18H,9-12,15H2,1-2H3,(H2,28,33). The molecule has 2 aromatic heterocycles. The maximum atomic E-state index is 12.9. The van der Waals surface area contributed by atoms with Crippen LogP contribution in [-0.4, -0.2) is 46.9 Å². The van der Waals surface area contributed by atoms with Crippen molar-refractivity contribution in [3.8, 4) is 5.69 Å². The van der Waals surface area contributed by atoms with Gasteiger partial charge in [-0.15, -0.1) is 0 Å². The number of piperidine rings is 1. The van der Waals surface area contributed by atoms with Crippen LogP contribution in [0.3, 0.4) is 0 Å². The predicted octanol–water partition coefficient (Wildman–Crippen LogP) is 3.88. The zero-order chi connectivity index (χ0) is 25.1. The number of Topliss-reactive ketones (excluding diaryl/α,β-unsaturated/α-hetero) is 1. The van der Waals surface area contributed by atoms with E-state index in [9.17, 15) is 14.4 Å². The van der Waals surface area contributed by atoms with Crippen LogP contribution < -0.4 is 10.6 Å². The third kappa shape index (κ3) is 5.38. The van der Waals surface area contributed by atoms with Gasteiger partial charge in [0.2, 0.25) is 11.7 Å². The molecule has 0 spiro atoms. The molecule has 0 atom stereocenters. The smallest absolute Gasteiger partial charge is 0.309 e. The molecule has 3 heterocycles. The van der Waals surface area contributed by atoms with Gasteiger partial charge in [0.15, 0.2) is 6.61 Å².